The molecule has 0 unspecified atom stereocenters. The summed E-state index contributed by atoms with van der Waals surface area (Å²) in [5.74, 6) is 0.0229. The van der Waals surface area contributed by atoms with Crippen molar-refractivity contribution in [2.75, 3.05) is 13.2 Å². The molecule has 0 N–H and O–H groups in total. The van der Waals surface area contributed by atoms with Crippen LogP contribution >= 0.6 is 0 Å². The first-order valence-electron chi connectivity index (χ1n) is 3.90. The molecule has 1 fully saturated rings. The van der Waals surface area contributed by atoms with Gasteiger partial charge in [-0.3, -0.25) is 4.79 Å². The molecule has 1 amide bonds. The topological polar surface area (TPSA) is 29.5 Å². The number of amides is 1. The Morgan fingerprint density at radius 2 is 2.55 bits per heavy atom. The highest BCUT2D eigenvalue weighted by atomic mass is 16.5. The molecule has 0 bridgehead atoms. The Morgan fingerprint density at radius 1 is 1.82 bits per heavy atom. The van der Waals surface area contributed by atoms with E-state index in [0.717, 1.165) is 6.42 Å². The minimum absolute atomic E-state index is 0.0229. The van der Waals surface area contributed by atoms with Crippen LogP contribution < -0.4 is 0 Å². The summed E-state index contributed by atoms with van der Waals surface area (Å²) in [4.78, 5) is 12.2. The number of ether oxygens (including phenoxy) is 1. The number of carbonyl (C=O) groups is 1. The van der Waals surface area contributed by atoms with E-state index in [9.17, 15) is 4.79 Å². The summed E-state index contributed by atoms with van der Waals surface area (Å²) >= 11 is 0. The highest BCUT2D eigenvalue weighted by Gasteiger charge is 2.26. The number of carbonyl (C=O) groups excluding carboxylic acids is 1. The zero-order valence-corrected chi connectivity index (χ0v) is 6.75. The van der Waals surface area contributed by atoms with E-state index in [2.05, 4.69) is 0 Å². The van der Waals surface area contributed by atoms with Crippen molar-refractivity contribution in [2.45, 2.75) is 25.8 Å². The quantitative estimate of drug-likeness (QED) is 0.538. The van der Waals surface area contributed by atoms with Gasteiger partial charge in [-0.25, -0.2) is 0 Å². The Bertz CT molecular complexity index is 151. The fourth-order valence-electron chi connectivity index (χ4n) is 1.18. The van der Waals surface area contributed by atoms with Crippen molar-refractivity contribution in [3.05, 3.63) is 0 Å². The maximum Gasteiger partial charge on any atom is 0.230 e. The van der Waals surface area contributed by atoms with E-state index in [1.54, 1.807) is 0 Å². The standard InChI is InChI=1S/C7H12BNO2/c1-2-11-5-6-3-4-7(10)9(6)8/h6H,2-5H2,1H3/t6-/m0/s1. The molecule has 0 spiro atoms. The van der Waals surface area contributed by atoms with Crippen LogP contribution in [0.5, 0.6) is 0 Å². The maximum absolute atomic E-state index is 10.9. The minimum Gasteiger partial charge on any atom is -0.392 e. The van der Waals surface area contributed by atoms with Gasteiger partial charge in [0.15, 0.2) is 0 Å². The van der Waals surface area contributed by atoms with Crippen molar-refractivity contribution in [1.29, 1.82) is 0 Å². The molecule has 2 radical (unpaired) electrons. The van der Waals surface area contributed by atoms with E-state index >= 15 is 0 Å². The number of hydrogen-bond acceptors (Lipinski definition) is 2. The molecule has 0 saturated carbocycles. The van der Waals surface area contributed by atoms with Crippen LogP contribution in [0.1, 0.15) is 19.8 Å². The highest BCUT2D eigenvalue weighted by Crippen LogP contribution is 2.15. The van der Waals surface area contributed by atoms with Crippen LogP contribution in [0.4, 0.5) is 0 Å². The second-order valence-electron chi connectivity index (χ2n) is 2.65. The average Bonchev–Trinajstić information content (AvgIpc) is 2.31. The summed E-state index contributed by atoms with van der Waals surface area (Å²) in [6, 6.07) is 0.0995. The summed E-state index contributed by atoms with van der Waals surface area (Å²) < 4.78 is 5.16. The zero-order chi connectivity index (χ0) is 8.27. The van der Waals surface area contributed by atoms with E-state index < -0.39 is 0 Å². The predicted molar refractivity (Wildman–Crippen MR) is 42.1 cm³/mol. The smallest absolute Gasteiger partial charge is 0.230 e. The molecule has 0 aromatic carbocycles. The lowest BCUT2D eigenvalue weighted by molar-refractivity contribution is -0.124. The third kappa shape index (κ3) is 1.96. The van der Waals surface area contributed by atoms with E-state index in [-0.39, 0.29) is 11.9 Å². The second kappa shape index (κ2) is 3.76. The van der Waals surface area contributed by atoms with E-state index in [1.807, 2.05) is 6.92 Å². The fourth-order valence-corrected chi connectivity index (χ4v) is 1.18. The normalized spacial score (nSPS) is 24.6. The number of nitrogens with zero attached hydrogens (tertiary/aromatic N) is 1. The second-order valence-corrected chi connectivity index (χ2v) is 2.65. The first-order valence-corrected chi connectivity index (χ1v) is 3.90. The lowest BCUT2D eigenvalue weighted by atomic mass is 10.2. The Balaban J connectivity index is 2.30. The van der Waals surface area contributed by atoms with Crippen molar-refractivity contribution < 1.29 is 9.53 Å². The Kier molecular flexibility index (Phi) is 2.94. The SMILES string of the molecule is [B]N1C(=O)CC[C@H]1COCC. The van der Waals surface area contributed by atoms with Gasteiger partial charge in [0.1, 0.15) is 0 Å². The maximum atomic E-state index is 10.9. The van der Waals surface area contributed by atoms with Gasteiger partial charge >= 0.3 is 0 Å². The molecule has 1 rings (SSSR count). The summed E-state index contributed by atoms with van der Waals surface area (Å²) in [6.45, 7) is 3.18. The van der Waals surface area contributed by atoms with Gasteiger partial charge in [0.05, 0.1) is 6.61 Å². The molecule has 0 aliphatic carbocycles. The first kappa shape index (κ1) is 8.59. The average molecular weight is 153 g/mol. The summed E-state index contributed by atoms with van der Waals surface area (Å²) in [7, 11) is 5.47. The van der Waals surface area contributed by atoms with Crippen LogP contribution in [0.25, 0.3) is 0 Å². The zero-order valence-electron chi connectivity index (χ0n) is 6.75. The highest BCUT2D eigenvalue weighted by molar-refractivity contribution is 6.15. The van der Waals surface area contributed by atoms with Crippen LogP contribution in [0.2, 0.25) is 0 Å². The summed E-state index contributed by atoms with van der Waals surface area (Å²) in [5, 5.41) is 0. The van der Waals surface area contributed by atoms with Crippen molar-refractivity contribution in [3.63, 3.8) is 0 Å². The molecule has 0 aromatic rings. The van der Waals surface area contributed by atoms with Gasteiger partial charge in [-0.2, -0.15) is 0 Å². The van der Waals surface area contributed by atoms with Gasteiger partial charge in [-0.15, -0.1) is 0 Å². The molecule has 1 aliphatic rings. The molecule has 11 heavy (non-hydrogen) atoms. The largest absolute Gasteiger partial charge is 0.392 e. The molecular formula is C7H12BNO2. The van der Waals surface area contributed by atoms with Crippen molar-refractivity contribution in [2.24, 2.45) is 0 Å². The number of rotatable bonds is 3. The van der Waals surface area contributed by atoms with Crippen LogP contribution in [0, 0.1) is 0 Å². The van der Waals surface area contributed by atoms with Crippen molar-refractivity contribution in [3.8, 4) is 0 Å². The van der Waals surface area contributed by atoms with Gasteiger partial charge < -0.3 is 9.55 Å². The molecular weight excluding hydrogens is 141 g/mol. The van der Waals surface area contributed by atoms with Crippen LogP contribution in [0.15, 0.2) is 0 Å². The van der Waals surface area contributed by atoms with Crippen LogP contribution in [0.3, 0.4) is 0 Å². The molecule has 60 valence electrons. The Hall–Kier alpha value is -0.505. The monoisotopic (exact) mass is 153 g/mol. The first-order chi connectivity index (χ1) is 5.25. The van der Waals surface area contributed by atoms with E-state index in [0.29, 0.717) is 19.6 Å². The lowest BCUT2D eigenvalue weighted by Gasteiger charge is -2.19. The summed E-state index contributed by atoms with van der Waals surface area (Å²) in [5.41, 5.74) is 0. The molecule has 1 saturated heterocycles. The number of hydrogen-bond donors (Lipinski definition) is 0. The molecule has 4 heteroatoms. The predicted octanol–water partition coefficient (Wildman–Crippen LogP) is 0.0974. The van der Waals surface area contributed by atoms with Gasteiger partial charge in [0, 0.05) is 19.1 Å². The van der Waals surface area contributed by atoms with Crippen molar-refractivity contribution >= 4 is 13.9 Å². The van der Waals surface area contributed by atoms with Crippen molar-refractivity contribution in [1.82, 2.24) is 4.81 Å². The van der Waals surface area contributed by atoms with Gasteiger partial charge in [0.2, 0.25) is 13.9 Å². The lowest BCUT2D eigenvalue weighted by Crippen LogP contribution is -2.33. The molecule has 1 atom stereocenters. The summed E-state index contributed by atoms with van der Waals surface area (Å²) in [6.07, 6.45) is 1.39. The van der Waals surface area contributed by atoms with E-state index in [4.69, 9.17) is 12.7 Å². The molecule has 1 aliphatic heterocycles. The Morgan fingerprint density at radius 3 is 3.00 bits per heavy atom. The molecule has 0 aromatic heterocycles. The van der Waals surface area contributed by atoms with Crippen LogP contribution in [-0.4, -0.2) is 38.0 Å². The molecule has 3 nitrogen and oxygen atoms in total. The molecule has 1 heterocycles. The minimum atomic E-state index is 0.0229. The fraction of sp³-hybridized carbons (Fsp3) is 0.857. The third-order valence-electron chi connectivity index (χ3n) is 1.89. The Labute approximate surface area is 68.1 Å². The van der Waals surface area contributed by atoms with Gasteiger partial charge in [-0.1, -0.05) is 0 Å². The van der Waals surface area contributed by atoms with E-state index in [1.165, 1.54) is 4.81 Å². The van der Waals surface area contributed by atoms with Crippen LogP contribution in [-0.2, 0) is 9.53 Å². The third-order valence-corrected chi connectivity index (χ3v) is 1.89. The van der Waals surface area contributed by atoms with Gasteiger partial charge in [-0.05, 0) is 13.3 Å². The van der Waals surface area contributed by atoms with Gasteiger partial charge in [0.25, 0.3) is 0 Å².